The molecule has 0 atom stereocenters. The van der Waals surface area contributed by atoms with Crippen LogP contribution in [0.1, 0.15) is 13.8 Å². The van der Waals surface area contributed by atoms with Gasteiger partial charge in [-0.15, -0.1) is 5.10 Å². The molecule has 1 aliphatic rings. The predicted molar refractivity (Wildman–Crippen MR) is 131 cm³/mol. The molecule has 174 valence electrons. The number of carbonyl (C=O) groups is 1. The highest BCUT2D eigenvalue weighted by molar-refractivity contribution is 7.80. The van der Waals surface area contributed by atoms with Crippen LogP contribution in [0.2, 0.25) is 0 Å². The van der Waals surface area contributed by atoms with Crippen molar-refractivity contribution >= 4 is 40.3 Å². The van der Waals surface area contributed by atoms with Gasteiger partial charge in [-0.2, -0.15) is 0 Å². The molecular formula is C23H28N6O3S. The summed E-state index contributed by atoms with van der Waals surface area (Å²) in [6.07, 6.45) is 1.93. The van der Waals surface area contributed by atoms with Gasteiger partial charge in [0.1, 0.15) is 12.1 Å². The molecule has 2 aromatic heterocycles. The Hall–Kier alpha value is -3.24. The number of aromatic nitrogens is 3. The zero-order chi connectivity index (χ0) is 23.2. The lowest BCUT2D eigenvalue weighted by Gasteiger charge is -2.28. The van der Waals surface area contributed by atoms with Crippen LogP contribution in [0.3, 0.4) is 0 Å². The van der Waals surface area contributed by atoms with Crippen LogP contribution in [0.15, 0.2) is 42.6 Å². The zero-order valence-electron chi connectivity index (χ0n) is 18.8. The van der Waals surface area contributed by atoms with E-state index in [1.54, 1.807) is 13.8 Å². The molecule has 0 unspecified atom stereocenters. The van der Waals surface area contributed by atoms with Gasteiger partial charge in [0.2, 0.25) is 0 Å². The van der Waals surface area contributed by atoms with Crippen molar-refractivity contribution in [3.8, 4) is 11.4 Å². The van der Waals surface area contributed by atoms with E-state index >= 15 is 0 Å². The van der Waals surface area contributed by atoms with E-state index < -0.39 is 0 Å². The molecule has 0 radical (unpaired) electrons. The van der Waals surface area contributed by atoms with E-state index in [-0.39, 0.29) is 18.5 Å². The van der Waals surface area contributed by atoms with Crippen molar-refractivity contribution in [3.05, 3.63) is 42.6 Å². The van der Waals surface area contributed by atoms with Crippen molar-refractivity contribution in [2.24, 2.45) is 5.92 Å². The monoisotopic (exact) mass is 468 g/mol. The van der Waals surface area contributed by atoms with Crippen LogP contribution < -0.4 is 15.5 Å². The second-order valence-corrected chi connectivity index (χ2v) is 8.39. The molecule has 2 N–H and O–H groups in total. The summed E-state index contributed by atoms with van der Waals surface area (Å²) in [7, 11) is 0. The topological polar surface area (TPSA) is 93.0 Å². The van der Waals surface area contributed by atoms with Gasteiger partial charge in [0.25, 0.3) is 0 Å². The molecule has 1 fully saturated rings. The Morgan fingerprint density at radius 3 is 2.70 bits per heavy atom. The Morgan fingerprint density at radius 2 is 1.97 bits per heavy atom. The van der Waals surface area contributed by atoms with Crippen LogP contribution in [-0.2, 0) is 14.3 Å². The van der Waals surface area contributed by atoms with Gasteiger partial charge >= 0.3 is 5.97 Å². The summed E-state index contributed by atoms with van der Waals surface area (Å²) < 4.78 is 12.5. The summed E-state index contributed by atoms with van der Waals surface area (Å²) in [6.45, 7) is 7.32. The first kappa shape index (κ1) is 22.9. The van der Waals surface area contributed by atoms with Gasteiger partial charge in [0, 0.05) is 30.5 Å². The van der Waals surface area contributed by atoms with Crippen LogP contribution in [0.4, 0.5) is 11.5 Å². The van der Waals surface area contributed by atoms with Gasteiger partial charge in [-0.1, -0.05) is 13.8 Å². The van der Waals surface area contributed by atoms with E-state index in [1.165, 1.54) is 0 Å². The smallest absolute Gasteiger partial charge is 0.308 e. The fourth-order valence-corrected chi connectivity index (χ4v) is 3.63. The summed E-state index contributed by atoms with van der Waals surface area (Å²) in [4.78, 5) is 18.6. The summed E-state index contributed by atoms with van der Waals surface area (Å²) in [5.41, 5.74) is 2.73. The minimum atomic E-state index is -0.219. The number of nitrogens with zero attached hydrogens (tertiary/aromatic N) is 4. The normalized spacial score (nSPS) is 13.8. The summed E-state index contributed by atoms with van der Waals surface area (Å²) in [6, 6.07) is 11.8. The number of anilines is 2. The first-order valence-electron chi connectivity index (χ1n) is 11.0. The number of hydrogen-bond acceptors (Lipinski definition) is 7. The molecule has 9 nitrogen and oxygen atoms in total. The molecule has 4 rings (SSSR count). The number of nitrogens with one attached hydrogen (secondary N) is 2. The number of benzene rings is 1. The predicted octanol–water partition coefficient (Wildman–Crippen LogP) is 2.72. The Kier molecular flexibility index (Phi) is 7.36. The zero-order valence-corrected chi connectivity index (χ0v) is 19.6. The standard InChI is InChI=1S/C23H28N6O3S/c1-16(2)22(30)32-13-9-24-23(33)25-18-7-5-17(6-8-18)20-26-21(28-11-14-31-15-12-28)19-4-3-10-29(19)27-20/h3-8,10,16H,9,11-15H2,1-2H3,(H2,24,25,33). The van der Waals surface area contributed by atoms with Crippen LogP contribution >= 0.6 is 12.2 Å². The third-order valence-electron chi connectivity index (χ3n) is 5.19. The van der Waals surface area contributed by atoms with E-state index in [2.05, 4.69) is 20.6 Å². The van der Waals surface area contributed by atoms with Crippen molar-refractivity contribution < 1.29 is 14.3 Å². The molecule has 1 aliphatic heterocycles. The lowest BCUT2D eigenvalue weighted by Crippen LogP contribution is -2.37. The molecule has 1 aromatic carbocycles. The van der Waals surface area contributed by atoms with E-state index in [0.717, 1.165) is 35.7 Å². The Labute approximate surface area is 198 Å². The van der Waals surface area contributed by atoms with Crippen molar-refractivity contribution in [1.82, 2.24) is 19.9 Å². The highest BCUT2D eigenvalue weighted by Gasteiger charge is 2.18. The number of fused-ring (bicyclic) bond motifs is 1. The quantitative estimate of drug-likeness (QED) is 0.308. The van der Waals surface area contributed by atoms with Crippen LogP contribution in [0, 0.1) is 5.92 Å². The SMILES string of the molecule is CC(C)C(=O)OCCNC(=S)Nc1ccc(-c2nc(N3CCOCC3)c3cccn3n2)cc1. The Morgan fingerprint density at radius 1 is 1.21 bits per heavy atom. The minimum Gasteiger partial charge on any atom is -0.464 e. The van der Waals surface area contributed by atoms with Gasteiger partial charge in [-0.3, -0.25) is 4.79 Å². The largest absolute Gasteiger partial charge is 0.464 e. The summed E-state index contributed by atoms with van der Waals surface area (Å²) in [5, 5.41) is 11.3. The second kappa shape index (κ2) is 10.6. The average Bonchev–Trinajstić information content (AvgIpc) is 3.31. The molecule has 3 aromatic rings. The maximum absolute atomic E-state index is 11.5. The number of thiocarbonyl (C=S) groups is 1. The molecule has 1 saturated heterocycles. The summed E-state index contributed by atoms with van der Waals surface area (Å²) in [5.74, 6) is 1.21. The van der Waals surface area contributed by atoms with Gasteiger partial charge in [0.15, 0.2) is 16.8 Å². The lowest BCUT2D eigenvalue weighted by molar-refractivity contribution is -0.147. The second-order valence-electron chi connectivity index (χ2n) is 7.98. The van der Waals surface area contributed by atoms with Crippen molar-refractivity contribution in [2.75, 3.05) is 49.7 Å². The third-order valence-corrected chi connectivity index (χ3v) is 5.43. The first-order valence-corrected chi connectivity index (χ1v) is 11.4. The van der Waals surface area contributed by atoms with Crippen molar-refractivity contribution in [2.45, 2.75) is 13.8 Å². The number of morpholine rings is 1. The van der Waals surface area contributed by atoms with E-state index in [9.17, 15) is 4.79 Å². The molecule has 0 aliphatic carbocycles. The molecular weight excluding hydrogens is 440 g/mol. The lowest BCUT2D eigenvalue weighted by atomic mass is 10.2. The van der Waals surface area contributed by atoms with E-state index in [4.69, 9.17) is 26.7 Å². The van der Waals surface area contributed by atoms with Crippen LogP contribution in [-0.4, -0.2) is 65.1 Å². The number of carbonyl (C=O) groups excluding carboxylic acids is 1. The van der Waals surface area contributed by atoms with Crippen LogP contribution in [0.25, 0.3) is 16.9 Å². The molecule has 10 heteroatoms. The van der Waals surface area contributed by atoms with Crippen molar-refractivity contribution in [3.63, 3.8) is 0 Å². The number of esters is 1. The van der Waals surface area contributed by atoms with Gasteiger partial charge in [-0.25, -0.2) is 9.50 Å². The fourth-order valence-electron chi connectivity index (χ4n) is 3.41. The molecule has 0 saturated carbocycles. The van der Waals surface area contributed by atoms with E-state index in [1.807, 2.05) is 47.1 Å². The number of rotatable bonds is 7. The third kappa shape index (κ3) is 5.77. The maximum Gasteiger partial charge on any atom is 0.308 e. The molecule has 3 heterocycles. The van der Waals surface area contributed by atoms with Gasteiger partial charge in [-0.05, 0) is 48.6 Å². The number of hydrogen-bond donors (Lipinski definition) is 2. The highest BCUT2D eigenvalue weighted by Crippen LogP contribution is 2.25. The highest BCUT2D eigenvalue weighted by atomic mass is 32.1. The fraction of sp³-hybridized carbons (Fsp3) is 0.391. The molecule has 33 heavy (non-hydrogen) atoms. The summed E-state index contributed by atoms with van der Waals surface area (Å²) >= 11 is 5.32. The first-order chi connectivity index (χ1) is 16.0. The maximum atomic E-state index is 11.5. The minimum absolute atomic E-state index is 0.138. The number of ether oxygens (including phenoxy) is 2. The van der Waals surface area contributed by atoms with Gasteiger partial charge in [0.05, 0.1) is 25.7 Å². The molecule has 0 bridgehead atoms. The Balaban J connectivity index is 1.40. The van der Waals surface area contributed by atoms with Crippen LogP contribution in [0.5, 0.6) is 0 Å². The van der Waals surface area contributed by atoms with Gasteiger partial charge < -0.3 is 25.0 Å². The van der Waals surface area contributed by atoms with Crippen molar-refractivity contribution in [1.29, 1.82) is 0 Å². The molecule has 0 spiro atoms. The Bertz CT molecular complexity index is 1110. The van der Waals surface area contributed by atoms with E-state index in [0.29, 0.717) is 30.7 Å². The average molecular weight is 469 g/mol. The molecule has 0 amide bonds.